The Hall–Kier alpha value is -8.67. The maximum absolute atomic E-state index is 13.7. The summed E-state index contributed by atoms with van der Waals surface area (Å²) in [6.45, 7) is 7.54. The van der Waals surface area contributed by atoms with E-state index in [9.17, 15) is 53.1 Å². The molecule has 3 atom stereocenters. The number of nitrogens with one attached hydrogen (secondary N) is 4. The highest BCUT2D eigenvalue weighted by atomic mass is 16.6. The number of aromatic nitrogens is 2. The number of imide groups is 1. The molecule has 3 aliphatic heterocycles. The Balaban J connectivity index is 0.876. The third kappa shape index (κ3) is 13.6. The summed E-state index contributed by atoms with van der Waals surface area (Å²) in [5, 5.41) is 22.7. The van der Waals surface area contributed by atoms with Crippen LogP contribution in [-0.2, 0) is 70.0 Å². The number of hydrogen-bond donors (Lipinski definition) is 6. The molecule has 7 rings (SSSR count). The van der Waals surface area contributed by atoms with Gasteiger partial charge in [-0.2, -0.15) is 0 Å². The molecular formula is C56H68N10O14. The molecule has 426 valence electrons. The first-order valence-electron chi connectivity index (χ1n) is 26.6. The van der Waals surface area contributed by atoms with Gasteiger partial charge in [0.25, 0.3) is 17.4 Å². The summed E-state index contributed by atoms with van der Waals surface area (Å²) >= 11 is 0. The number of fused-ring (bicyclic) bond motifs is 5. The Morgan fingerprint density at radius 1 is 0.863 bits per heavy atom. The molecule has 0 radical (unpaired) electrons. The van der Waals surface area contributed by atoms with Crippen molar-refractivity contribution in [2.24, 2.45) is 11.7 Å². The molecule has 0 unspecified atom stereocenters. The van der Waals surface area contributed by atoms with E-state index in [0.717, 1.165) is 21.4 Å². The molecule has 0 spiro atoms. The number of esters is 1. The molecule has 3 aliphatic rings. The van der Waals surface area contributed by atoms with Crippen LogP contribution in [0, 0.1) is 5.92 Å². The molecule has 24 nitrogen and oxygen atoms in total. The number of anilines is 1. The van der Waals surface area contributed by atoms with E-state index in [4.69, 9.17) is 24.9 Å². The summed E-state index contributed by atoms with van der Waals surface area (Å²) in [6, 6.07) is 10.4. The van der Waals surface area contributed by atoms with Crippen LogP contribution in [0.3, 0.4) is 0 Å². The first-order chi connectivity index (χ1) is 38.1. The minimum absolute atomic E-state index is 0.0245. The molecule has 5 heterocycles. The van der Waals surface area contributed by atoms with Crippen molar-refractivity contribution in [1.29, 1.82) is 0 Å². The number of nitrogens with two attached hydrogens (primary N) is 1. The third-order valence-corrected chi connectivity index (χ3v) is 14.4. The number of hydrogen-bond acceptors (Lipinski definition) is 15. The van der Waals surface area contributed by atoms with Gasteiger partial charge in [0.2, 0.25) is 17.7 Å². The van der Waals surface area contributed by atoms with Gasteiger partial charge in [-0.15, -0.1) is 0 Å². The lowest BCUT2D eigenvalue weighted by Gasteiger charge is -2.31. The maximum atomic E-state index is 13.7. The van der Waals surface area contributed by atoms with Crippen molar-refractivity contribution in [2.45, 2.75) is 117 Å². The predicted molar refractivity (Wildman–Crippen MR) is 290 cm³/mol. The smallest absolute Gasteiger partial charge is 0.415 e. The minimum Gasteiger partial charge on any atom is -0.458 e. The SMILES string of the molecule is CCc1c2c(nc3ccc(OC(=O)N(C)CCN(C)C(=O)OCc4ccc(NC(=O)[C@H](CCCNC(N)=O)NC(=O)[C@@H](NC(=O)CCCCCN5C(=O)C=CC5=O)C(C)C)cc4)cc13)-c1cc3c(c(=O)n1C2)COC(=O)[C@]3(O)CC. The lowest BCUT2D eigenvalue weighted by molar-refractivity contribution is -0.172. The zero-order valence-electron chi connectivity index (χ0n) is 45.7. The molecule has 9 amide bonds. The van der Waals surface area contributed by atoms with Gasteiger partial charge in [-0.05, 0) is 92.0 Å². The van der Waals surface area contributed by atoms with E-state index in [1.54, 1.807) is 73.9 Å². The minimum atomic E-state index is -1.95. The van der Waals surface area contributed by atoms with E-state index in [1.165, 1.54) is 36.0 Å². The van der Waals surface area contributed by atoms with Gasteiger partial charge in [0, 0.05) is 81.0 Å². The second-order valence-electron chi connectivity index (χ2n) is 20.3. The molecule has 24 heteroatoms. The van der Waals surface area contributed by atoms with Crippen LogP contribution in [0.25, 0.3) is 22.3 Å². The van der Waals surface area contributed by atoms with Gasteiger partial charge in [-0.3, -0.25) is 33.7 Å². The fraction of sp³-hybridized carbons (Fsp3) is 0.446. The number of likely N-dealkylation sites (N-methyl/N-ethyl adjacent to an activating group) is 2. The number of aliphatic hydroxyl groups is 1. The number of primary amides is 1. The Morgan fingerprint density at radius 2 is 1.56 bits per heavy atom. The van der Waals surface area contributed by atoms with Crippen LogP contribution in [0.2, 0.25) is 0 Å². The van der Waals surface area contributed by atoms with Gasteiger partial charge in [-0.1, -0.05) is 46.2 Å². The van der Waals surface area contributed by atoms with Gasteiger partial charge in [0.05, 0.1) is 29.0 Å². The number of aryl methyl sites for hydroxylation is 1. The van der Waals surface area contributed by atoms with E-state index in [-0.39, 0.29) is 118 Å². The first-order valence-corrected chi connectivity index (χ1v) is 26.6. The normalized spacial score (nSPS) is 15.8. The topological polar surface area (TPSA) is 320 Å². The molecule has 0 fully saturated rings. The fourth-order valence-corrected chi connectivity index (χ4v) is 9.65. The summed E-state index contributed by atoms with van der Waals surface area (Å²) in [5.74, 6) is -3.16. The summed E-state index contributed by atoms with van der Waals surface area (Å²) in [5.41, 5.74) is 7.65. The molecule has 2 aromatic carbocycles. The van der Waals surface area contributed by atoms with Crippen LogP contribution >= 0.6 is 0 Å². The highest BCUT2D eigenvalue weighted by Crippen LogP contribution is 2.41. The average Bonchev–Trinajstić information content (AvgIpc) is 3.97. The van der Waals surface area contributed by atoms with Crippen LogP contribution in [0.5, 0.6) is 5.75 Å². The van der Waals surface area contributed by atoms with Crippen molar-refractivity contribution in [3.05, 3.63) is 98.9 Å². The van der Waals surface area contributed by atoms with Crippen molar-refractivity contribution in [1.82, 2.24) is 40.2 Å². The Kier molecular flexibility index (Phi) is 19.1. The van der Waals surface area contributed by atoms with Gasteiger partial charge in [-0.25, -0.2) is 24.2 Å². The molecule has 0 aliphatic carbocycles. The monoisotopic (exact) mass is 1100 g/mol. The molecule has 4 aromatic rings. The van der Waals surface area contributed by atoms with Gasteiger partial charge in [0.15, 0.2) is 5.60 Å². The van der Waals surface area contributed by atoms with Crippen LogP contribution in [0.15, 0.2) is 65.5 Å². The molecule has 0 bridgehead atoms. The largest absolute Gasteiger partial charge is 0.458 e. The van der Waals surface area contributed by atoms with Gasteiger partial charge >= 0.3 is 24.2 Å². The lowest BCUT2D eigenvalue weighted by Crippen LogP contribution is -2.54. The van der Waals surface area contributed by atoms with Crippen molar-refractivity contribution in [2.75, 3.05) is 45.6 Å². The second-order valence-corrected chi connectivity index (χ2v) is 20.3. The molecule has 0 saturated heterocycles. The van der Waals surface area contributed by atoms with Gasteiger partial charge in [0.1, 0.15) is 31.0 Å². The third-order valence-electron chi connectivity index (χ3n) is 14.4. The Bertz CT molecular complexity index is 3160. The van der Waals surface area contributed by atoms with Crippen molar-refractivity contribution in [3.8, 4) is 17.1 Å². The number of ether oxygens (including phenoxy) is 3. The number of pyridine rings is 2. The zero-order valence-corrected chi connectivity index (χ0v) is 45.7. The summed E-state index contributed by atoms with van der Waals surface area (Å²) in [6.07, 6.45) is 3.70. The number of urea groups is 1. The lowest BCUT2D eigenvalue weighted by atomic mass is 9.86. The number of benzene rings is 2. The van der Waals surface area contributed by atoms with E-state index in [1.807, 2.05) is 6.92 Å². The number of nitrogens with zero attached hydrogens (tertiary/aromatic N) is 5. The second kappa shape index (κ2) is 25.9. The molecule has 80 heavy (non-hydrogen) atoms. The highest BCUT2D eigenvalue weighted by Gasteiger charge is 2.45. The Morgan fingerprint density at radius 3 is 2.23 bits per heavy atom. The summed E-state index contributed by atoms with van der Waals surface area (Å²) in [7, 11) is 3.05. The average molecular weight is 1110 g/mol. The van der Waals surface area contributed by atoms with E-state index in [2.05, 4.69) is 21.3 Å². The highest BCUT2D eigenvalue weighted by molar-refractivity contribution is 6.12. The predicted octanol–water partition coefficient (Wildman–Crippen LogP) is 3.84. The number of rotatable bonds is 24. The molecule has 7 N–H and O–H groups in total. The number of cyclic esters (lactones) is 1. The number of amides is 9. The summed E-state index contributed by atoms with van der Waals surface area (Å²) in [4.78, 5) is 136. The van der Waals surface area contributed by atoms with Crippen LogP contribution < -0.4 is 37.3 Å². The van der Waals surface area contributed by atoms with Crippen LogP contribution in [-0.4, -0.2) is 135 Å². The van der Waals surface area contributed by atoms with Crippen molar-refractivity contribution in [3.63, 3.8) is 0 Å². The number of carbonyl (C=O) groups is 9. The van der Waals surface area contributed by atoms with E-state index < -0.39 is 53.7 Å². The maximum Gasteiger partial charge on any atom is 0.415 e. The fourth-order valence-electron chi connectivity index (χ4n) is 9.65. The number of unbranched alkanes of at least 4 members (excludes halogenated alkanes) is 2. The van der Waals surface area contributed by atoms with Crippen LogP contribution in [0.1, 0.15) is 100 Å². The summed E-state index contributed by atoms with van der Waals surface area (Å²) < 4.78 is 18.0. The molecular weight excluding hydrogens is 1040 g/mol. The quantitative estimate of drug-likeness (QED) is 0.0291. The number of carbonyl (C=O) groups excluding carboxylic acids is 9. The van der Waals surface area contributed by atoms with Crippen molar-refractivity contribution < 1.29 is 62.5 Å². The standard InChI is InChI=1S/C56H68N10O14/c1-7-36-37-27-35(19-20-41(37)60-48-38(36)29-66-43(48)28-40-39(51(66)72)31-78-52(73)56(40,77)8-2)80-55(76)64(6)26-25-63(5)54(75)79-30-33-15-17-34(18-16-33)59-49(70)42(13-12-23-58-53(57)74)61-50(71)47(32(3)4)62-44(67)14-10-9-11-24-65-45(68)21-22-46(65)69/h15-22,27-28,32,42,47,77H,7-14,23-26,29-31H2,1-6H3,(H,59,70)(H,61,71)(H,62,67)(H3,57,58,74)/t42-,47-,56-/m0/s1. The Labute approximate surface area is 461 Å². The first kappa shape index (κ1) is 59.0. The van der Waals surface area contributed by atoms with E-state index in [0.29, 0.717) is 53.8 Å². The van der Waals surface area contributed by atoms with E-state index >= 15 is 0 Å². The van der Waals surface area contributed by atoms with Gasteiger partial charge < -0.3 is 60.7 Å². The van der Waals surface area contributed by atoms with Crippen molar-refractivity contribution >= 4 is 70.3 Å². The molecule has 2 aromatic heterocycles. The van der Waals surface area contributed by atoms with Crippen LogP contribution in [0.4, 0.5) is 20.1 Å². The zero-order chi connectivity index (χ0) is 58.0. The molecule has 0 saturated carbocycles.